The monoisotopic (exact) mass is 299 g/mol. The summed E-state index contributed by atoms with van der Waals surface area (Å²) in [5.41, 5.74) is -0.863. The Morgan fingerprint density at radius 2 is 2.27 bits per heavy atom. The Labute approximate surface area is 97.5 Å². The first kappa shape index (κ1) is 12.3. The minimum atomic E-state index is -2.79. The molecule has 0 aliphatic heterocycles. The molecule has 7 heteroatoms. The molecule has 0 saturated heterocycles. The van der Waals surface area contributed by atoms with Gasteiger partial charge in [-0.15, -0.1) is 0 Å². The molecule has 0 aromatic carbocycles. The Morgan fingerprint density at radius 1 is 1.67 bits per heavy atom. The van der Waals surface area contributed by atoms with Crippen molar-refractivity contribution < 1.29 is 18.3 Å². The van der Waals surface area contributed by atoms with E-state index >= 15 is 0 Å². The lowest BCUT2D eigenvalue weighted by atomic mass is 10.3. The topological polar surface area (TPSA) is 39.2 Å². The number of aromatic nitrogens is 1. The molecule has 0 bridgehead atoms. The average Bonchev–Trinajstić information content (AvgIpc) is 2.16. The van der Waals surface area contributed by atoms with E-state index in [1.165, 1.54) is 6.07 Å². The van der Waals surface area contributed by atoms with Crippen LogP contribution in [0.3, 0.4) is 0 Å². The third-order valence-corrected chi connectivity index (χ3v) is 2.47. The van der Waals surface area contributed by atoms with Crippen molar-refractivity contribution >= 4 is 33.5 Å². The normalized spacial score (nSPS) is 10.5. The molecular weight excluding hydrogens is 295 g/mol. The van der Waals surface area contributed by atoms with Crippen molar-refractivity contribution in [2.75, 3.05) is 7.11 Å². The van der Waals surface area contributed by atoms with E-state index in [2.05, 4.69) is 25.7 Å². The lowest BCUT2D eigenvalue weighted by Crippen LogP contribution is -2.08. The van der Waals surface area contributed by atoms with Gasteiger partial charge in [-0.1, -0.05) is 11.6 Å². The first-order chi connectivity index (χ1) is 6.97. The highest BCUT2D eigenvalue weighted by molar-refractivity contribution is 9.10. The number of methoxy groups -OCH3 is 1. The molecule has 1 aromatic rings. The van der Waals surface area contributed by atoms with Crippen LogP contribution in [0, 0.1) is 0 Å². The van der Waals surface area contributed by atoms with Gasteiger partial charge in [-0.05, 0) is 22.0 Å². The summed E-state index contributed by atoms with van der Waals surface area (Å²) in [4.78, 5) is 14.5. The van der Waals surface area contributed by atoms with E-state index in [1.54, 1.807) is 0 Å². The second kappa shape index (κ2) is 4.85. The molecule has 15 heavy (non-hydrogen) atoms. The van der Waals surface area contributed by atoms with Crippen molar-refractivity contribution in [3.63, 3.8) is 0 Å². The zero-order chi connectivity index (χ0) is 11.6. The molecule has 0 saturated carbocycles. The molecule has 0 aliphatic rings. The molecule has 0 unspecified atom stereocenters. The highest BCUT2D eigenvalue weighted by Crippen LogP contribution is 2.29. The molecule has 0 N–H and O–H groups in total. The summed E-state index contributed by atoms with van der Waals surface area (Å²) in [5.74, 6) is -0.852. The van der Waals surface area contributed by atoms with Crippen LogP contribution in [0.2, 0.25) is 5.02 Å². The summed E-state index contributed by atoms with van der Waals surface area (Å²) in [7, 11) is 1.12. The number of halogens is 4. The number of hydrogen-bond donors (Lipinski definition) is 0. The van der Waals surface area contributed by atoms with Crippen LogP contribution in [0.1, 0.15) is 22.6 Å². The summed E-state index contributed by atoms with van der Waals surface area (Å²) < 4.78 is 29.2. The van der Waals surface area contributed by atoms with Crippen molar-refractivity contribution in [1.82, 2.24) is 4.98 Å². The summed E-state index contributed by atoms with van der Waals surface area (Å²) in [6.07, 6.45) is -2.79. The maximum atomic E-state index is 12.4. The standard InChI is InChI=1S/C8H5BrClF2NO2/c1-15-8(14)6-4(10)2-3(9)5(13-6)7(11)12/h2,7H,1H3. The van der Waals surface area contributed by atoms with E-state index < -0.39 is 18.1 Å². The fraction of sp³-hybridized carbons (Fsp3) is 0.250. The molecule has 1 rings (SSSR count). The number of hydrogen-bond acceptors (Lipinski definition) is 3. The Bertz CT molecular complexity index is 400. The number of carbonyl (C=O) groups is 1. The molecule has 1 aromatic heterocycles. The van der Waals surface area contributed by atoms with Gasteiger partial charge in [0.15, 0.2) is 5.69 Å². The van der Waals surface area contributed by atoms with Gasteiger partial charge in [-0.3, -0.25) is 0 Å². The summed E-state index contributed by atoms with van der Waals surface area (Å²) >= 11 is 8.52. The third kappa shape index (κ3) is 2.63. The van der Waals surface area contributed by atoms with Gasteiger partial charge in [0.05, 0.1) is 12.1 Å². The summed E-state index contributed by atoms with van der Waals surface area (Å²) in [6.45, 7) is 0. The molecule has 82 valence electrons. The van der Waals surface area contributed by atoms with Crippen LogP contribution in [0.4, 0.5) is 8.78 Å². The van der Waals surface area contributed by atoms with Crippen LogP contribution in [-0.4, -0.2) is 18.1 Å². The van der Waals surface area contributed by atoms with Gasteiger partial charge in [0.25, 0.3) is 6.43 Å². The summed E-state index contributed by atoms with van der Waals surface area (Å²) in [6, 6.07) is 1.18. The smallest absolute Gasteiger partial charge is 0.358 e. The van der Waals surface area contributed by atoms with Gasteiger partial charge < -0.3 is 4.74 Å². The zero-order valence-corrected chi connectivity index (χ0v) is 9.77. The fourth-order valence-corrected chi connectivity index (χ4v) is 1.72. The van der Waals surface area contributed by atoms with Gasteiger partial charge in [0, 0.05) is 4.47 Å². The van der Waals surface area contributed by atoms with Crippen molar-refractivity contribution in [1.29, 1.82) is 0 Å². The van der Waals surface area contributed by atoms with Crippen LogP contribution in [-0.2, 0) is 4.74 Å². The number of nitrogens with zero attached hydrogens (tertiary/aromatic N) is 1. The van der Waals surface area contributed by atoms with Crippen LogP contribution in [0.15, 0.2) is 10.5 Å². The van der Waals surface area contributed by atoms with Gasteiger partial charge in [0.1, 0.15) is 5.69 Å². The Hall–Kier alpha value is -0.750. The van der Waals surface area contributed by atoms with Crippen molar-refractivity contribution in [3.05, 3.63) is 26.9 Å². The number of carbonyl (C=O) groups excluding carboxylic acids is 1. The molecule has 0 amide bonds. The van der Waals surface area contributed by atoms with Crippen LogP contribution in [0.25, 0.3) is 0 Å². The number of alkyl halides is 2. The van der Waals surface area contributed by atoms with E-state index in [4.69, 9.17) is 11.6 Å². The molecule has 0 radical (unpaired) electrons. The number of ether oxygens (including phenoxy) is 1. The summed E-state index contributed by atoms with van der Waals surface area (Å²) in [5, 5.41) is -0.0434. The number of pyridine rings is 1. The number of rotatable bonds is 2. The van der Waals surface area contributed by atoms with Crippen LogP contribution in [0.5, 0.6) is 0 Å². The molecule has 0 aliphatic carbocycles. The van der Waals surface area contributed by atoms with Gasteiger partial charge >= 0.3 is 5.97 Å². The minimum Gasteiger partial charge on any atom is -0.464 e. The van der Waals surface area contributed by atoms with Crippen LogP contribution < -0.4 is 0 Å². The maximum absolute atomic E-state index is 12.4. The molecule has 1 heterocycles. The van der Waals surface area contributed by atoms with Crippen molar-refractivity contribution in [3.8, 4) is 0 Å². The molecule has 3 nitrogen and oxygen atoms in total. The lowest BCUT2D eigenvalue weighted by molar-refractivity contribution is 0.0592. The van der Waals surface area contributed by atoms with Crippen LogP contribution >= 0.6 is 27.5 Å². The highest BCUT2D eigenvalue weighted by Gasteiger charge is 2.20. The quantitative estimate of drug-likeness (QED) is 0.787. The van der Waals surface area contributed by atoms with Gasteiger partial charge in [0.2, 0.25) is 0 Å². The largest absolute Gasteiger partial charge is 0.464 e. The van der Waals surface area contributed by atoms with Gasteiger partial charge in [-0.2, -0.15) is 0 Å². The van der Waals surface area contributed by atoms with E-state index in [0.717, 1.165) is 7.11 Å². The SMILES string of the molecule is COC(=O)c1nc(C(F)F)c(Br)cc1Cl. The maximum Gasteiger partial charge on any atom is 0.358 e. The zero-order valence-electron chi connectivity index (χ0n) is 7.43. The fourth-order valence-electron chi connectivity index (χ4n) is 0.874. The van der Waals surface area contributed by atoms with E-state index in [9.17, 15) is 13.6 Å². The molecule has 0 spiro atoms. The first-order valence-corrected chi connectivity index (χ1v) is 4.87. The second-order valence-electron chi connectivity index (χ2n) is 2.48. The predicted molar refractivity (Wildman–Crippen MR) is 53.2 cm³/mol. The lowest BCUT2D eigenvalue weighted by Gasteiger charge is -2.06. The Balaban J connectivity index is 3.29. The minimum absolute atomic E-state index is 0.0434. The van der Waals surface area contributed by atoms with E-state index in [0.29, 0.717) is 0 Å². The first-order valence-electron chi connectivity index (χ1n) is 3.69. The third-order valence-electron chi connectivity index (χ3n) is 1.54. The Kier molecular flexibility index (Phi) is 3.98. The average molecular weight is 300 g/mol. The van der Waals surface area contributed by atoms with E-state index in [1.807, 2.05) is 0 Å². The highest BCUT2D eigenvalue weighted by atomic mass is 79.9. The number of esters is 1. The van der Waals surface area contributed by atoms with Crippen molar-refractivity contribution in [2.45, 2.75) is 6.43 Å². The molecule has 0 atom stereocenters. The van der Waals surface area contributed by atoms with Gasteiger partial charge in [-0.25, -0.2) is 18.6 Å². The predicted octanol–water partition coefficient (Wildman–Crippen LogP) is 3.22. The second-order valence-corrected chi connectivity index (χ2v) is 3.74. The van der Waals surface area contributed by atoms with E-state index in [-0.39, 0.29) is 15.2 Å². The van der Waals surface area contributed by atoms with Crippen molar-refractivity contribution in [2.24, 2.45) is 0 Å². The molecule has 0 fully saturated rings. The Morgan fingerprint density at radius 3 is 2.73 bits per heavy atom. The molecular formula is C8H5BrClF2NO2.